The predicted molar refractivity (Wildman–Crippen MR) is 95.5 cm³/mol. The molecule has 6 nitrogen and oxygen atoms in total. The Morgan fingerprint density at radius 3 is 2.80 bits per heavy atom. The van der Waals surface area contributed by atoms with Crippen molar-refractivity contribution in [2.75, 3.05) is 24.5 Å². The molecular formula is C18H18ClN5O. The van der Waals surface area contributed by atoms with E-state index in [0.29, 0.717) is 34.6 Å². The maximum atomic E-state index is 12.2. The van der Waals surface area contributed by atoms with Gasteiger partial charge in [-0.2, -0.15) is 5.26 Å². The number of amides is 1. The minimum atomic E-state index is -0.106. The lowest BCUT2D eigenvalue weighted by Gasteiger charge is -2.32. The average molecular weight is 356 g/mol. The first kappa shape index (κ1) is 17.2. The van der Waals surface area contributed by atoms with Gasteiger partial charge in [0.15, 0.2) is 11.5 Å². The van der Waals surface area contributed by atoms with Crippen LogP contribution in [0.1, 0.15) is 28.9 Å². The molecule has 1 saturated heterocycles. The van der Waals surface area contributed by atoms with E-state index in [4.69, 9.17) is 16.9 Å². The van der Waals surface area contributed by atoms with Crippen LogP contribution in [0.3, 0.4) is 0 Å². The Morgan fingerprint density at radius 2 is 2.08 bits per heavy atom. The number of nitriles is 1. The van der Waals surface area contributed by atoms with Crippen LogP contribution in [0.15, 0.2) is 36.7 Å². The van der Waals surface area contributed by atoms with E-state index in [1.165, 1.54) is 6.20 Å². The lowest BCUT2D eigenvalue weighted by molar-refractivity contribution is 0.0945. The zero-order valence-corrected chi connectivity index (χ0v) is 14.4. The minimum Gasteiger partial charge on any atom is -0.354 e. The first-order valence-corrected chi connectivity index (χ1v) is 8.55. The van der Waals surface area contributed by atoms with Crippen LogP contribution in [-0.2, 0) is 0 Å². The van der Waals surface area contributed by atoms with Crippen molar-refractivity contribution in [2.45, 2.75) is 12.8 Å². The van der Waals surface area contributed by atoms with E-state index in [9.17, 15) is 4.79 Å². The Hall–Kier alpha value is -2.65. The second-order valence-corrected chi connectivity index (χ2v) is 6.43. The van der Waals surface area contributed by atoms with Crippen molar-refractivity contribution in [3.8, 4) is 6.07 Å². The van der Waals surface area contributed by atoms with Crippen LogP contribution in [0.5, 0.6) is 0 Å². The van der Waals surface area contributed by atoms with Gasteiger partial charge in [-0.1, -0.05) is 17.7 Å². The summed E-state index contributed by atoms with van der Waals surface area (Å²) in [5.41, 5.74) is 0.929. The molecule has 1 aromatic heterocycles. The van der Waals surface area contributed by atoms with Crippen LogP contribution in [0.4, 0.5) is 5.82 Å². The summed E-state index contributed by atoms with van der Waals surface area (Å²) < 4.78 is 0. The van der Waals surface area contributed by atoms with Gasteiger partial charge in [-0.05, 0) is 37.0 Å². The molecule has 1 aliphatic heterocycles. The van der Waals surface area contributed by atoms with Crippen LogP contribution >= 0.6 is 11.6 Å². The van der Waals surface area contributed by atoms with Gasteiger partial charge in [-0.15, -0.1) is 0 Å². The summed E-state index contributed by atoms with van der Waals surface area (Å²) in [7, 11) is 0. The van der Waals surface area contributed by atoms with Crippen LogP contribution in [0.25, 0.3) is 0 Å². The van der Waals surface area contributed by atoms with Crippen molar-refractivity contribution < 1.29 is 4.79 Å². The van der Waals surface area contributed by atoms with Crippen molar-refractivity contribution in [3.05, 3.63) is 52.9 Å². The third-order valence-electron chi connectivity index (χ3n) is 4.34. The van der Waals surface area contributed by atoms with E-state index < -0.39 is 0 Å². The van der Waals surface area contributed by atoms with E-state index in [1.807, 2.05) is 0 Å². The molecule has 0 unspecified atom stereocenters. The molecule has 1 aromatic carbocycles. The summed E-state index contributed by atoms with van der Waals surface area (Å²) in [6.07, 6.45) is 4.99. The molecule has 0 bridgehead atoms. The smallest absolute Gasteiger partial charge is 0.251 e. The van der Waals surface area contributed by atoms with Crippen LogP contribution in [0.2, 0.25) is 5.02 Å². The number of aromatic nitrogens is 2. The van der Waals surface area contributed by atoms with E-state index in [2.05, 4.69) is 26.3 Å². The van der Waals surface area contributed by atoms with Crippen molar-refractivity contribution >= 4 is 23.3 Å². The topological polar surface area (TPSA) is 81.9 Å². The molecule has 0 atom stereocenters. The average Bonchev–Trinajstić information content (AvgIpc) is 2.66. The Balaban J connectivity index is 1.51. The summed E-state index contributed by atoms with van der Waals surface area (Å²) in [6, 6.07) is 9.01. The number of anilines is 1. The molecule has 0 aliphatic carbocycles. The van der Waals surface area contributed by atoms with Crippen molar-refractivity contribution in [2.24, 2.45) is 5.92 Å². The van der Waals surface area contributed by atoms with Gasteiger partial charge in [-0.3, -0.25) is 4.79 Å². The highest BCUT2D eigenvalue weighted by atomic mass is 35.5. The zero-order valence-electron chi connectivity index (χ0n) is 13.7. The SMILES string of the molecule is N#Cc1nccnc1N1CCC(CNC(=O)c2cccc(Cl)c2)CC1. The van der Waals surface area contributed by atoms with Gasteiger partial charge in [0.25, 0.3) is 5.91 Å². The van der Waals surface area contributed by atoms with Crippen LogP contribution < -0.4 is 10.2 Å². The summed E-state index contributed by atoms with van der Waals surface area (Å²) in [4.78, 5) is 22.6. The number of nitrogens with one attached hydrogen (secondary N) is 1. The molecule has 1 amide bonds. The minimum absolute atomic E-state index is 0.106. The molecule has 0 spiro atoms. The van der Waals surface area contributed by atoms with E-state index >= 15 is 0 Å². The third kappa shape index (κ3) is 4.25. The predicted octanol–water partition coefficient (Wildman–Crippen LogP) is 2.65. The monoisotopic (exact) mass is 355 g/mol. The molecule has 128 valence electrons. The van der Waals surface area contributed by atoms with E-state index in [0.717, 1.165) is 25.9 Å². The van der Waals surface area contributed by atoms with Gasteiger partial charge in [-0.25, -0.2) is 9.97 Å². The Morgan fingerprint density at radius 1 is 1.32 bits per heavy atom. The number of rotatable bonds is 4. The van der Waals surface area contributed by atoms with E-state index in [-0.39, 0.29) is 5.91 Å². The fraction of sp³-hybridized carbons (Fsp3) is 0.333. The number of hydrogen-bond donors (Lipinski definition) is 1. The van der Waals surface area contributed by atoms with Crippen molar-refractivity contribution in [3.63, 3.8) is 0 Å². The molecule has 7 heteroatoms. The Kier molecular flexibility index (Phi) is 5.46. The van der Waals surface area contributed by atoms with Gasteiger partial charge < -0.3 is 10.2 Å². The molecular weight excluding hydrogens is 338 g/mol. The number of hydrogen-bond acceptors (Lipinski definition) is 5. The summed E-state index contributed by atoms with van der Waals surface area (Å²) in [6.45, 7) is 2.22. The number of benzene rings is 1. The van der Waals surface area contributed by atoms with Gasteiger partial charge in [0.05, 0.1) is 0 Å². The highest BCUT2D eigenvalue weighted by molar-refractivity contribution is 6.30. The maximum Gasteiger partial charge on any atom is 0.251 e. The molecule has 0 saturated carbocycles. The van der Waals surface area contributed by atoms with Gasteiger partial charge in [0, 0.05) is 42.6 Å². The first-order chi connectivity index (χ1) is 12.2. The van der Waals surface area contributed by atoms with Crippen LogP contribution in [0, 0.1) is 17.2 Å². The first-order valence-electron chi connectivity index (χ1n) is 8.17. The fourth-order valence-corrected chi connectivity index (χ4v) is 3.15. The van der Waals surface area contributed by atoms with Gasteiger partial charge >= 0.3 is 0 Å². The molecule has 1 aliphatic rings. The molecule has 1 N–H and O–H groups in total. The van der Waals surface area contributed by atoms with Crippen molar-refractivity contribution in [1.82, 2.24) is 15.3 Å². The summed E-state index contributed by atoms with van der Waals surface area (Å²) in [5.74, 6) is 0.943. The standard InChI is InChI=1S/C18H18ClN5O/c19-15-3-1-2-14(10-15)18(25)23-12-13-4-8-24(9-5-13)17-16(11-20)21-6-7-22-17/h1-3,6-7,10,13H,4-5,8-9,12H2,(H,23,25). The number of halogens is 1. The lowest BCUT2D eigenvalue weighted by Crippen LogP contribution is -2.39. The zero-order chi connectivity index (χ0) is 17.6. The van der Waals surface area contributed by atoms with Crippen LogP contribution in [-0.4, -0.2) is 35.5 Å². The lowest BCUT2D eigenvalue weighted by atomic mass is 9.96. The molecule has 2 heterocycles. The third-order valence-corrected chi connectivity index (χ3v) is 4.57. The largest absolute Gasteiger partial charge is 0.354 e. The highest BCUT2D eigenvalue weighted by Gasteiger charge is 2.22. The molecule has 3 rings (SSSR count). The van der Waals surface area contributed by atoms with Crippen molar-refractivity contribution in [1.29, 1.82) is 5.26 Å². The molecule has 1 fully saturated rings. The molecule has 2 aromatic rings. The number of carbonyl (C=O) groups is 1. The fourth-order valence-electron chi connectivity index (χ4n) is 2.96. The van der Waals surface area contributed by atoms with Gasteiger partial charge in [0.2, 0.25) is 0 Å². The summed E-state index contributed by atoms with van der Waals surface area (Å²) in [5, 5.41) is 12.7. The quantitative estimate of drug-likeness (QED) is 0.911. The maximum absolute atomic E-state index is 12.2. The highest BCUT2D eigenvalue weighted by Crippen LogP contribution is 2.23. The number of carbonyl (C=O) groups excluding carboxylic acids is 1. The second kappa shape index (κ2) is 7.95. The molecule has 0 radical (unpaired) electrons. The normalized spacial score (nSPS) is 14.8. The molecule has 25 heavy (non-hydrogen) atoms. The van der Waals surface area contributed by atoms with E-state index in [1.54, 1.807) is 30.5 Å². The Bertz CT molecular complexity index is 796. The second-order valence-electron chi connectivity index (χ2n) is 5.99. The number of nitrogens with zero attached hydrogens (tertiary/aromatic N) is 4. The van der Waals surface area contributed by atoms with Gasteiger partial charge in [0.1, 0.15) is 6.07 Å². The summed E-state index contributed by atoms with van der Waals surface area (Å²) >= 11 is 5.92. The Labute approximate surface area is 151 Å². The number of piperidine rings is 1.